The molecule has 4 nitrogen and oxygen atoms in total. The molecule has 138 valence electrons. The van der Waals surface area contributed by atoms with Crippen LogP contribution < -0.4 is 5.32 Å². The molecule has 0 aliphatic carbocycles. The summed E-state index contributed by atoms with van der Waals surface area (Å²) < 4.78 is 7.34. The molecular weight excluding hydrogens is 422 g/mol. The van der Waals surface area contributed by atoms with Crippen LogP contribution in [0.2, 0.25) is 0 Å². The zero-order valence-corrected chi connectivity index (χ0v) is 17.5. The van der Waals surface area contributed by atoms with E-state index >= 15 is 0 Å². The number of hydrogen-bond donors (Lipinski definition) is 1. The van der Waals surface area contributed by atoms with Crippen molar-refractivity contribution in [1.29, 1.82) is 0 Å². The Morgan fingerprint density at radius 2 is 1.89 bits per heavy atom. The van der Waals surface area contributed by atoms with E-state index in [2.05, 4.69) is 45.0 Å². The molecule has 6 heteroatoms. The largest absolute Gasteiger partial charge is 0.459 e. The molecule has 1 N–H and O–H groups in total. The number of nitrogens with one attached hydrogen (secondary N) is 1. The Balaban J connectivity index is 1.74. The van der Waals surface area contributed by atoms with Crippen molar-refractivity contribution >= 4 is 33.3 Å². The highest BCUT2D eigenvalue weighted by Crippen LogP contribution is 2.41. The molecule has 0 saturated carbocycles. The van der Waals surface area contributed by atoms with E-state index in [1.807, 2.05) is 60.8 Å². The molecule has 2 aromatic heterocycles. The zero-order chi connectivity index (χ0) is 19.0. The van der Waals surface area contributed by atoms with Gasteiger partial charge in [0.1, 0.15) is 17.6 Å². The van der Waals surface area contributed by atoms with E-state index in [-0.39, 0.29) is 18.1 Å². The van der Waals surface area contributed by atoms with Gasteiger partial charge < -0.3 is 14.6 Å². The molecule has 2 atom stereocenters. The number of thiocarbonyl (C=S) groups is 1. The van der Waals surface area contributed by atoms with E-state index in [9.17, 15) is 0 Å². The molecule has 3 aromatic rings. The van der Waals surface area contributed by atoms with Crippen LogP contribution in [0.25, 0.3) is 11.3 Å². The third-order valence-corrected chi connectivity index (χ3v) is 5.60. The van der Waals surface area contributed by atoms with Crippen molar-refractivity contribution in [2.45, 2.75) is 32.0 Å². The van der Waals surface area contributed by atoms with Crippen molar-refractivity contribution < 1.29 is 4.42 Å². The molecule has 27 heavy (non-hydrogen) atoms. The normalized spacial score (nSPS) is 19.6. The van der Waals surface area contributed by atoms with Crippen LogP contribution in [0.4, 0.5) is 0 Å². The van der Waals surface area contributed by atoms with Crippen LogP contribution in [0.1, 0.15) is 37.4 Å². The first-order valence-electron chi connectivity index (χ1n) is 8.90. The quantitative estimate of drug-likeness (QED) is 0.542. The maximum absolute atomic E-state index is 6.29. The van der Waals surface area contributed by atoms with Gasteiger partial charge in [-0.3, -0.25) is 4.98 Å². The second-order valence-electron chi connectivity index (χ2n) is 6.84. The van der Waals surface area contributed by atoms with Gasteiger partial charge in [-0.15, -0.1) is 0 Å². The van der Waals surface area contributed by atoms with Gasteiger partial charge in [0.05, 0.1) is 11.7 Å². The standard InChI is InChI=1S/C21H20BrN3OS/c1-13(2)25-20(19(24-21(25)27)16-5-3-4-12-23-16)18-11-10-17(26-18)14-6-8-15(22)9-7-14/h3-13,19-20H,1-2H3,(H,24,27)/t19-,20+/m1/s1. The highest BCUT2D eigenvalue weighted by Gasteiger charge is 2.42. The van der Waals surface area contributed by atoms with E-state index in [4.69, 9.17) is 16.6 Å². The van der Waals surface area contributed by atoms with Gasteiger partial charge in [0, 0.05) is 22.3 Å². The minimum Gasteiger partial charge on any atom is -0.459 e. The minimum absolute atomic E-state index is 0.0448. The van der Waals surface area contributed by atoms with Crippen molar-refractivity contribution in [2.75, 3.05) is 0 Å². The van der Waals surface area contributed by atoms with Gasteiger partial charge in [-0.25, -0.2) is 0 Å². The van der Waals surface area contributed by atoms with E-state index in [1.165, 1.54) is 0 Å². The smallest absolute Gasteiger partial charge is 0.170 e. The van der Waals surface area contributed by atoms with E-state index in [0.717, 1.165) is 32.4 Å². The van der Waals surface area contributed by atoms with Crippen molar-refractivity contribution in [3.63, 3.8) is 0 Å². The number of halogens is 1. The highest BCUT2D eigenvalue weighted by atomic mass is 79.9. The molecule has 0 spiro atoms. The number of hydrogen-bond acceptors (Lipinski definition) is 3. The molecule has 0 unspecified atom stereocenters. The summed E-state index contributed by atoms with van der Waals surface area (Å²) in [5.41, 5.74) is 2.00. The first-order valence-corrected chi connectivity index (χ1v) is 10.1. The van der Waals surface area contributed by atoms with Crippen LogP contribution in [-0.4, -0.2) is 21.0 Å². The van der Waals surface area contributed by atoms with Gasteiger partial charge in [0.2, 0.25) is 0 Å². The highest BCUT2D eigenvalue weighted by molar-refractivity contribution is 9.10. The average Bonchev–Trinajstić information content (AvgIpc) is 3.27. The molecule has 3 heterocycles. The van der Waals surface area contributed by atoms with Crippen LogP contribution >= 0.6 is 28.1 Å². The van der Waals surface area contributed by atoms with Gasteiger partial charge in [-0.05, 0) is 62.5 Å². The first kappa shape index (κ1) is 18.2. The fourth-order valence-corrected chi connectivity index (χ4v) is 4.22. The second-order valence-corrected chi connectivity index (χ2v) is 8.14. The third-order valence-electron chi connectivity index (χ3n) is 4.74. The molecular formula is C21H20BrN3OS. The lowest BCUT2D eigenvalue weighted by Gasteiger charge is -2.29. The lowest BCUT2D eigenvalue weighted by Crippen LogP contribution is -2.35. The van der Waals surface area contributed by atoms with Gasteiger partial charge in [-0.2, -0.15) is 0 Å². The van der Waals surface area contributed by atoms with Crippen LogP contribution in [-0.2, 0) is 0 Å². The summed E-state index contributed by atoms with van der Waals surface area (Å²) in [6.07, 6.45) is 1.81. The molecule has 1 fully saturated rings. The SMILES string of the molecule is CC(C)N1C(=S)N[C@H](c2ccccn2)[C@@H]1c1ccc(-c2ccc(Br)cc2)o1. The van der Waals surface area contributed by atoms with Crippen molar-refractivity contribution in [3.8, 4) is 11.3 Å². The molecule has 0 radical (unpaired) electrons. The maximum Gasteiger partial charge on any atom is 0.170 e. The number of rotatable bonds is 4. The number of pyridine rings is 1. The van der Waals surface area contributed by atoms with Crippen molar-refractivity contribution in [2.24, 2.45) is 0 Å². The maximum atomic E-state index is 6.29. The molecule has 1 saturated heterocycles. The van der Waals surface area contributed by atoms with Crippen LogP contribution in [0, 0.1) is 0 Å². The molecule has 0 amide bonds. The van der Waals surface area contributed by atoms with E-state index in [1.54, 1.807) is 0 Å². The Labute approximate surface area is 172 Å². The number of furan rings is 1. The molecule has 4 rings (SSSR count). The first-order chi connectivity index (χ1) is 13.0. The van der Waals surface area contributed by atoms with Gasteiger partial charge in [0.15, 0.2) is 5.11 Å². The summed E-state index contributed by atoms with van der Waals surface area (Å²) in [6.45, 7) is 4.28. The van der Waals surface area contributed by atoms with Crippen LogP contribution in [0.15, 0.2) is 69.7 Å². The Kier molecular flexibility index (Phi) is 5.02. The summed E-state index contributed by atoms with van der Waals surface area (Å²) in [4.78, 5) is 6.74. The summed E-state index contributed by atoms with van der Waals surface area (Å²) in [7, 11) is 0. The number of aromatic nitrogens is 1. The lowest BCUT2D eigenvalue weighted by atomic mass is 10.0. The van der Waals surface area contributed by atoms with Crippen LogP contribution in [0.5, 0.6) is 0 Å². The molecule has 1 aliphatic rings. The molecule has 1 aromatic carbocycles. The average molecular weight is 442 g/mol. The summed E-state index contributed by atoms with van der Waals surface area (Å²) in [6, 6.07) is 18.3. The lowest BCUT2D eigenvalue weighted by molar-refractivity contribution is 0.237. The third kappa shape index (κ3) is 3.51. The predicted molar refractivity (Wildman–Crippen MR) is 114 cm³/mol. The fraction of sp³-hybridized carbons (Fsp3) is 0.238. The van der Waals surface area contributed by atoms with Gasteiger partial charge in [-0.1, -0.05) is 34.1 Å². The van der Waals surface area contributed by atoms with E-state index < -0.39 is 0 Å². The summed E-state index contributed by atoms with van der Waals surface area (Å²) >= 11 is 9.10. The number of benzene rings is 1. The molecule has 0 bridgehead atoms. The van der Waals surface area contributed by atoms with Crippen molar-refractivity contribution in [1.82, 2.24) is 15.2 Å². The topological polar surface area (TPSA) is 41.3 Å². The monoisotopic (exact) mass is 441 g/mol. The Morgan fingerprint density at radius 3 is 2.56 bits per heavy atom. The second kappa shape index (κ2) is 7.44. The minimum atomic E-state index is -0.0509. The molecule has 1 aliphatic heterocycles. The predicted octanol–water partition coefficient (Wildman–Crippen LogP) is 5.49. The Bertz CT molecular complexity index is 940. The number of nitrogens with zero attached hydrogens (tertiary/aromatic N) is 2. The van der Waals surface area contributed by atoms with Gasteiger partial charge >= 0.3 is 0 Å². The van der Waals surface area contributed by atoms with Crippen LogP contribution in [0.3, 0.4) is 0 Å². The summed E-state index contributed by atoms with van der Waals surface area (Å²) in [5.74, 6) is 1.73. The Morgan fingerprint density at radius 1 is 1.11 bits per heavy atom. The zero-order valence-electron chi connectivity index (χ0n) is 15.1. The Hall–Kier alpha value is -2.18. The summed E-state index contributed by atoms with van der Waals surface area (Å²) in [5, 5.41) is 4.16. The fourth-order valence-electron chi connectivity index (χ4n) is 3.51. The van der Waals surface area contributed by atoms with E-state index in [0.29, 0.717) is 0 Å². The van der Waals surface area contributed by atoms with Crippen molar-refractivity contribution in [3.05, 3.63) is 76.7 Å². The van der Waals surface area contributed by atoms with Gasteiger partial charge in [0.25, 0.3) is 0 Å².